The van der Waals surface area contributed by atoms with Gasteiger partial charge in [-0.25, -0.2) is 9.18 Å². The monoisotopic (exact) mass is 660 g/mol. The van der Waals surface area contributed by atoms with Crippen LogP contribution >= 0.6 is 11.3 Å². The van der Waals surface area contributed by atoms with Crippen molar-refractivity contribution in [3.63, 3.8) is 0 Å². The molecule has 0 aliphatic carbocycles. The number of amides is 3. The number of anilines is 1. The molecule has 1 aromatic heterocycles. The summed E-state index contributed by atoms with van der Waals surface area (Å²) in [6.07, 6.45) is -10.2. The van der Waals surface area contributed by atoms with Gasteiger partial charge in [0.05, 0.1) is 30.9 Å². The van der Waals surface area contributed by atoms with Gasteiger partial charge in [-0.15, -0.1) is 11.3 Å². The predicted molar refractivity (Wildman–Crippen MR) is 154 cm³/mol. The van der Waals surface area contributed by atoms with Crippen molar-refractivity contribution in [1.82, 2.24) is 14.7 Å². The first-order valence-electron chi connectivity index (χ1n) is 13.9. The molecule has 2 heterocycles. The van der Waals surface area contributed by atoms with Crippen molar-refractivity contribution >= 4 is 29.0 Å². The molecule has 0 spiro atoms. The van der Waals surface area contributed by atoms with Gasteiger partial charge in [0.1, 0.15) is 12.4 Å². The summed E-state index contributed by atoms with van der Waals surface area (Å²) >= 11 is 1.42. The Kier molecular flexibility index (Phi) is 11.1. The number of urea groups is 1. The molecule has 15 heteroatoms. The van der Waals surface area contributed by atoms with Crippen LogP contribution < -0.4 is 5.32 Å². The van der Waals surface area contributed by atoms with Crippen LogP contribution in [0.1, 0.15) is 27.1 Å². The number of carbonyl (C=O) groups excluding carboxylic acids is 2. The molecule has 4 rings (SSSR count). The highest BCUT2D eigenvalue weighted by molar-refractivity contribution is 7.10. The average Bonchev–Trinajstić information content (AvgIpc) is 3.39. The van der Waals surface area contributed by atoms with Crippen LogP contribution in [0, 0.1) is 12.7 Å². The van der Waals surface area contributed by atoms with Gasteiger partial charge in [-0.3, -0.25) is 9.69 Å². The van der Waals surface area contributed by atoms with Gasteiger partial charge in [0.2, 0.25) is 5.91 Å². The second-order valence-corrected chi connectivity index (χ2v) is 11.5. The van der Waals surface area contributed by atoms with E-state index in [0.717, 1.165) is 15.3 Å². The van der Waals surface area contributed by atoms with E-state index in [0.29, 0.717) is 44.0 Å². The average molecular weight is 661 g/mol. The fourth-order valence-electron chi connectivity index (χ4n) is 4.61. The molecule has 1 aliphatic heterocycles. The Morgan fingerprint density at radius 1 is 0.911 bits per heavy atom. The molecular formula is C30H31F7N4O3S. The molecule has 0 atom stereocenters. The van der Waals surface area contributed by atoms with E-state index in [1.165, 1.54) is 40.5 Å². The summed E-state index contributed by atoms with van der Waals surface area (Å²) in [7, 11) is 0. The lowest BCUT2D eigenvalue weighted by Gasteiger charge is -2.31. The van der Waals surface area contributed by atoms with E-state index < -0.39 is 53.5 Å². The first-order valence-corrected chi connectivity index (χ1v) is 14.8. The number of hydrogen-bond donors (Lipinski definition) is 1. The van der Waals surface area contributed by atoms with E-state index in [1.807, 2.05) is 23.3 Å². The fraction of sp³-hybridized carbons (Fsp3) is 0.400. The molecule has 0 saturated carbocycles. The molecule has 1 N–H and O–H groups in total. The van der Waals surface area contributed by atoms with Crippen LogP contribution in [-0.2, 0) is 35.0 Å². The number of ether oxygens (including phenoxy) is 1. The first kappa shape index (κ1) is 34.2. The molecule has 0 bridgehead atoms. The Hall–Kier alpha value is -3.69. The first-order chi connectivity index (χ1) is 21.2. The van der Waals surface area contributed by atoms with Crippen LogP contribution in [0.4, 0.5) is 41.2 Å². The third kappa shape index (κ3) is 9.90. The Morgan fingerprint density at radius 3 is 2.09 bits per heavy atom. The van der Waals surface area contributed by atoms with E-state index in [4.69, 9.17) is 4.74 Å². The zero-order chi connectivity index (χ0) is 32.8. The third-order valence-electron chi connectivity index (χ3n) is 7.18. The predicted octanol–water partition coefficient (Wildman–Crippen LogP) is 6.63. The number of benzene rings is 2. The fourth-order valence-corrected chi connectivity index (χ4v) is 5.53. The SMILES string of the molecule is Cc1ccsc1CN(Cc1ccc(F)cc1)C(=O)CN(CCN1CCOCC1)C(=O)Nc1cc(C(F)(F)F)cc(C(F)(F)F)c1. The number of hydrogen-bond acceptors (Lipinski definition) is 5. The molecule has 244 valence electrons. The Labute approximate surface area is 259 Å². The van der Waals surface area contributed by atoms with Crippen molar-refractivity contribution in [2.24, 2.45) is 0 Å². The van der Waals surface area contributed by atoms with Gasteiger partial charge < -0.3 is 19.9 Å². The zero-order valence-corrected chi connectivity index (χ0v) is 25.0. The van der Waals surface area contributed by atoms with E-state index in [2.05, 4.69) is 5.32 Å². The minimum absolute atomic E-state index is 0.0325. The molecular weight excluding hydrogens is 629 g/mol. The molecule has 45 heavy (non-hydrogen) atoms. The maximum absolute atomic E-state index is 13.7. The normalized spacial score (nSPS) is 14.3. The maximum Gasteiger partial charge on any atom is 0.416 e. The number of carbonyl (C=O) groups is 2. The molecule has 1 fully saturated rings. The summed E-state index contributed by atoms with van der Waals surface area (Å²) < 4.78 is 99.4. The minimum atomic E-state index is -5.10. The van der Waals surface area contributed by atoms with Crippen molar-refractivity contribution in [3.05, 3.63) is 86.9 Å². The topological polar surface area (TPSA) is 65.1 Å². The van der Waals surface area contributed by atoms with Crippen LogP contribution in [0.15, 0.2) is 53.9 Å². The van der Waals surface area contributed by atoms with Gasteiger partial charge in [0, 0.05) is 43.3 Å². The van der Waals surface area contributed by atoms with Crippen LogP contribution in [0.5, 0.6) is 0 Å². The molecule has 1 saturated heterocycles. The highest BCUT2D eigenvalue weighted by Gasteiger charge is 2.37. The maximum atomic E-state index is 13.7. The van der Waals surface area contributed by atoms with Crippen LogP contribution in [0.2, 0.25) is 0 Å². The lowest BCUT2D eigenvalue weighted by atomic mass is 10.1. The molecule has 7 nitrogen and oxygen atoms in total. The van der Waals surface area contributed by atoms with Crippen molar-refractivity contribution < 1.29 is 45.1 Å². The quantitative estimate of drug-likeness (QED) is 0.248. The highest BCUT2D eigenvalue weighted by atomic mass is 32.1. The van der Waals surface area contributed by atoms with E-state index in [-0.39, 0.29) is 32.2 Å². The number of halogens is 7. The summed E-state index contributed by atoms with van der Waals surface area (Å²) in [4.78, 5) is 32.5. The Morgan fingerprint density at radius 2 is 1.53 bits per heavy atom. The number of morpholine rings is 1. The van der Waals surface area contributed by atoms with Gasteiger partial charge in [-0.1, -0.05) is 12.1 Å². The summed E-state index contributed by atoms with van der Waals surface area (Å²) in [5.74, 6) is -0.982. The van der Waals surface area contributed by atoms with Gasteiger partial charge >= 0.3 is 18.4 Å². The second kappa shape index (κ2) is 14.6. The molecule has 3 amide bonds. The lowest BCUT2D eigenvalue weighted by molar-refractivity contribution is -0.143. The van der Waals surface area contributed by atoms with Crippen LogP contribution in [0.3, 0.4) is 0 Å². The largest absolute Gasteiger partial charge is 0.416 e. The summed E-state index contributed by atoms with van der Waals surface area (Å²) in [5.41, 5.74) is -2.33. The smallest absolute Gasteiger partial charge is 0.379 e. The Bertz CT molecular complexity index is 1420. The van der Waals surface area contributed by atoms with Crippen molar-refractivity contribution in [1.29, 1.82) is 0 Å². The van der Waals surface area contributed by atoms with Gasteiger partial charge in [-0.05, 0) is 59.8 Å². The number of nitrogens with one attached hydrogen (secondary N) is 1. The van der Waals surface area contributed by atoms with Crippen LogP contribution in [-0.4, -0.2) is 72.6 Å². The summed E-state index contributed by atoms with van der Waals surface area (Å²) in [6, 6.07) is 7.17. The zero-order valence-electron chi connectivity index (χ0n) is 24.2. The van der Waals surface area contributed by atoms with E-state index in [9.17, 15) is 40.3 Å². The summed E-state index contributed by atoms with van der Waals surface area (Å²) in [5, 5.41) is 4.00. The molecule has 2 aromatic carbocycles. The van der Waals surface area contributed by atoms with E-state index in [1.54, 1.807) is 0 Å². The van der Waals surface area contributed by atoms with Crippen molar-refractivity contribution in [2.45, 2.75) is 32.4 Å². The number of thiophene rings is 1. The molecule has 0 unspecified atom stereocenters. The highest BCUT2D eigenvalue weighted by Crippen LogP contribution is 2.37. The van der Waals surface area contributed by atoms with Gasteiger partial charge in [-0.2, -0.15) is 26.3 Å². The minimum Gasteiger partial charge on any atom is -0.379 e. The third-order valence-corrected chi connectivity index (χ3v) is 8.19. The standard InChI is InChI=1S/C30H31F7N4O3S/c1-20-6-13-45-26(20)18-41(17-21-2-4-24(31)5-3-21)27(42)19-40(8-7-39-9-11-44-12-10-39)28(43)38-25-15-22(29(32,33)34)14-23(16-25)30(35,36)37/h2-6,13-16H,7-12,17-19H2,1H3,(H,38,43). The molecule has 1 aliphatic rings. The lowest BCUT2D eigenvalue weighted by Crippen LogP contribution is -2.48. The van der Waals surface area contributed by atoms with Crippen LogP contribution in [0.25, 0.3) is 0 Å². The second-order valence-electron chi connectivity index (χ2n) is 10.5. The number of alkyl halides is 6. The summed E-state index contributed by atoms with van der Waals surface area (Å²) in [6.45, 7) is 3.79. The molecule has 0 radical (unpaired) electrons. The number of aryl methyl sites for hydroxylation is 1. The van der Waals surface area contributed by atoms with Crippen molar-refractivity contribution in [2.75, 3.05) is 51.3 Å². The van der Waals surface area contributed by atoms with E-state index >= 15 is 0 Å². The Balaban J connectivity index is 1.60. The van der Waals surface area contributed by atoms with Gasteiger partial charge in [0.25, 0.3) is 0 Å². The number of nitrogens with zero attached hydrogens (tertiary/aromatic N) is 3. The van der Waals surface area contributed by atoms with Gasteiger partial charge in [0.15, 0.2) is 0 Å². The van der Waals surface area contributed by atoms with Crippen molar-refractivity contribution in [3.8, 4) is 0 Å². The molecule has 3 aromatic rings. The number of rotatable bonds is 10.